The normalized spacial score (nSPS) is 14.7. The Morgan fingerprint density at radius 3 is 2.38 bits per heavy atom. The predicted molar refractivity (Wildman–Crippen MR) is 92.8 cm³/mol. The molecular weight excluding hydrogens is 330 g/mol. The lowest BCUT2D eigenvalue weighted by Gasteiger charge is -2.14. The third-order valence-electron chi connectivity index (χ3n) is 3.60. The van der Waals surface area contributed by atoms with Gasteiger partial charge in [0.2, 0.25) is 0 Å². The van der Waals surface area contributed by atoms with Gasteiger partial charge in [-0.15, -0.1) is 0 Å². The van der Waals surface area contributed by atoms with Crippen LogP contribution in [-0.2, 0) is 14.3 Å². The second kappa shape index (κ2) is 8.85. The molecule has 0 spiro atoms. The molecule has 24 heavy (non-hydrogen) atoms. The van der Waals surface area contributed by atoms with Crippen LogP contribution in [0.4, 0.5) is 0 Å². The van der Waals surface area contributed by atoms with E-state index in [-0.39, 0.29) is 16.5 Å². The molecule has 1 aromatic carbocycles. The highest BCUT2D eigenvalue weighted by molar-refractivity contribution is 6.55. The van der Waals surface area contributed by atoms with Gasteiger partial charge >= 0.3 is 0 Å². The second-order valence-electron chi connectivity index (χ2n) is 5.37. The standard InChI is InChI=1S/C18H22ClNO4/c1-3-11-24-14-8-6-13(7-9-14)15-16(19)18(22)20(17(15)21)10-5-12-23-4-2/h6-9H,3-5,10-12H2,1-2H3. The maximum absolute atomic E-state index is 12.5. The van der Waals surface area contributed by atoms with Crippen LogP contribution in [0.2, 0.25) is 0 Å². The average Bonchev–Trinajstić information content (AvgIpc) is 2.80. The predicted octanol–water partition coefficient (Wildman–Crippen LogP) is 3.22. The van der Waals surface area contributed by atoms with Crippen molar-refractivity contribution in [3.05, 3.63) is 34.9 Å². The highest BCUT2D eigenvalue weighted by atomic mass is 35.5. The van der Waals surface area contributed by atoms with Gasteiger partial charge in [-0.1, -0.05) is 30.7 Å². The first-order valence-corrected chi connectivity index (χ1v) is 8.54. The molecule has 0 unspecified atom stereocenters. The third-order valence-corrected chi connectivity index (χ3v) is 3.95. The van der Waals surface area contributed by atoms with Crippen molar-refractivity contribution in [2.45, 2.75) is 26.7 Å². The summed E-state index contributed by atoms with van der Waals surface area (Å²) in [5.74, 6) is -0.0779. The van der Waals surface area contributed by atoms with E-state index < -0.39 is 5.91 Å². The number of imide groups is 1. The van der Waals surface area contributed by atoms with Crippen molar-refractivity contribution in [1.82, 2.24) is 4.90 Å². The maximum Gasteiger partial charge on any atom is 0.273 e. The Bertz CT molecular complexity index is 624. The van der Waals surface area contributed by atoms with E-state index in [1.165, 1.54) is 4.90 Å². The minimum Gasteiger partial charge on any atom is -0.494 e. The largest absolute Gasteiger partial charge is 0.494 e. The summed E-state index contributed by atoms with van der Waals surface area (Å²) in [4.78, 5) is 25.9. The number of nitrogens with zero attached hydrogens (tertiary/aromatic N) is 1. The number of carbonyl (C=O) groups excluding carboxylic acids is 2. The summed E-state index contributed by atoms with van der Waals surface area (Å²) < 4.78 is 10.8. The molecule has 0 N–H and O–H groups in total. The van der Waals surface area contributed by atoms with Crippen molar-refractivity contribution in [1.29, 1.82) is 0 Å². The van der Waals surface area contributed by atoms with E-state index in [1.807, 2.05) is 13.8 Å². The number of carbonyl (C=O) groups is 2. The summed E-state index contributed by atoms with van der Waals surface area (Å²) >= 11 is 6.12. The molecule has 0 aromatic heterocycles. The Morgan fingerprint density at radius 1 is 1.04 bits per heavy atom. The molecule has 0 fully saturated rings. The molecule has 5 nitrogen and oxygen atoms in total. The molecule has 0 saturated carbocycles. The maximum atomic E-state index is 12.5. The lowest BCUT2D eigenvalue weighted by molar-refractivity contribution is -0.136. The minimum absolute atomic E-state index is 0.0290. The number of rotatable bonds is 9. The molecule has 0 saturated heterocycles. The van der Waals surface area contributed by atoms with E-state index in [0.717, 1.165) is 12.2 Å². The summed E-state index contributed by atoms with van der Waals surface area (Å²) in [6.07, 6.45) is 1.51. The number of halogens is 1. The van der Waals surface area contributed by atoms with E-state index >= 15 is 0 Å². The van der Waals surface area contributed by atoms with E-state index in [4.69, 9.17) is 21.1 Å². The van der Waals surface area contributed by atoms with Crippen LogP contribution in [0.3, 0.4) is 0 Å². The van der Waals surface area contributed by atoms with Gasteiger partial charge in [0.15, 0.2) is 0 Å². The van der Waals surface area contributed by atoms with E-state index in [2.05, 4.69) is 0 Å². The quantitative estimate of drug-likeness (QED) is 0.506. The zero-order chi connectivity index (χ0) is 17.5. The fraction of sp³-hybridized carbons (Fsp3) is 0.444. The highest BCUT2D eigenvalue weighted by Crippen LogP contribution is 2.32. The lowest BCUT2D eigenvalue weighted by atomic mass is 10.1. The van der Waals surface area contributed by atoms with Crippen LogP contribution in [0.1, 0.15) is 32.3 Å². The molecule has 1 aromatic rings. The van der Waals surface area contributed by atoms with E-state index in [9.17, 15) is 9.59 Å². The Hall–Kier alpha value is -1.85. The summed E-state index contributed by atoms with van der Waals surface area (Å²) in [5, 5.41) is -0.0290. The third kappa shape index (κ3) is 4.16. The Labute approximate surface area is 147 Å². The first-order chi connectivity index (χ1) is 11.6. The fourth-order valence-electron chi connectivity index (χ4n) is 2.41. The van der Waals surface area contributed by atoms with Crippen LogP contribution in [-0.4, -0.2) is 43.1 Å². The van der Waals surface area contributed by atoms with Gasteiger partial charge in [0, 0.05) is 19.8 Å². The number of hydrogen-bond donors (Lipinski definition) is 0. The summed E-state index contributed by atoms with van der Waals surface area (Å²) in [6, 6.07) is 7.05. The van der Waals surface area contributed by atoms with Gasteiger partial charge in [-0.25, -0.2) is 0 Å². The number of hydrogen-bond acceptors (Lipinski definition) is 4. The number of benzene rings is 1. The van der Waals surface area contributed by atoms with Gasteiger partial charge in [-0.05, 0) is 37.5 Å². The highest BCUT2D eigenvalue weighted by Gasteiger charge is 2.37. The van der Waals surface area contributed by atoms with Gasteiger partial charge in [0.05, 0.1) is 12.2 Å². The first-order valence-electron chi connectivity index (χ1n) is 8.17. The topological polar surface area (TPSA) is 55.8 Å². The van der Waals surface area contributed by atoms with Crippen molar-refractivity contribution in [2.75, 3.05) is 26.4 Å². The summed E-state index contributed by atoms with van der Waals surface area (Å²) in [7, 11) is 0. The van der Waals surface area contributed by atoms with Crippen molar-refractivity contribution < 1.29 is 19.1 Å². The Kier molecular flexibility index (Phi) is 6.82. The first kappa shape index (κ1) is 18.5. The molecule has 1 heterocycles. The molecule has 0 bridgehead atoms. The van der Waals surface area contributed by atoms with Crippen LogP contribution in [0.15, 0.2) is 29.3 Å². The molecular formula is C18H22ClNO4. The van der Waals surface area contributed by atoms with Crippen LogP contribution in [0.25, 0.3) is 5.57 Å². The number of ether oxygens (including phenoxy) is 2. The summed E-state index contributed by atoms with van der Waals surface area (Å²) in [6.45, 7) is 5.98. The molecule has 6 heteroatoms. The molecule has 0 aliphatic carbocycles. The average molecular weight is 352 g/mol. The van der Waals surface area contributed by atoms with Crippen molar-refractivity contribution in [2.24, 2.45) is 0 Å². The molecule has 1 aliphatic rings. The van der Waals surface area contributed by atoms with Crippen LogP contribution >= 0.6 is 11.6 Å². The number of amides is 2. The van der Waals surface area contributed by atoms with Crippen LogP contribution < -0.4 is 4.74 Å². The molecule has 2 rings (SSSR count). The fourth-order valence-corrected chi connectivity index (χ4v) is 2.70. The monoisotopic (exact) mass is 351 g/mol. The lowest BCUT2D eigenvalue weighted by Crippen LogP contribution is -2.32. The van der Waals surface area contributed by atoms with Gasteiger partial charge in [0.1, 0.15) is 10.8 Å². The summed E-state index contributed by atoms with van der Waals surface area (Å²) in [5.41, 5.74) is 0.870. The Balaban J connectivity index is 2.09. The zero-order valence-corrected chi connectivity index (χ0v) is 14.8. The SMILES string of the molecule is CCCOc1ccc(C2=C(Cl)C(=O)N(CCCOCC)C2=O)cc1. The Morgan fingerprint density at radius 2 is 1.75 bits per heavy atom. The zero-order valence-electron chi connectivity index (χ0n) is 14.0. The van der Waals surface area contributed by atoms with Gasteiger partial charge in [-0.2, -0.15) is 0 Å². The van der Waals surface area contributed by atoms with E-state index in [0.29, 0.717) is 38.3 Å². The molecule has 0 radical (unpaired) electrons. The molecule has 1 aliphatic heterocycles. The van der Waals surface area contributed by atoms with Crippen molar-refractivity contribution in [3.8, 4) is 5.75 Å². The van der Waals surface area contributed by atoms with Crippen LogP contribution in [0, 0.1) is 0 Å². The molecule has 2 amide bonds. The van der Waals surface area contributed by atoms with E-state index in [1.54, 1.807) is 24.3 Å². The van der Waals surface area contributed by atoms with Crippen molar-refractivity contribution >= 4 is 29.0 Å². The van der Waals surface area contributed by atoms with Crippen molar-refractivity contribution in [3.63, 3.8) is 0 Å². The molecule has 0 atom stereocenters. The minimum atomic E-state index is -0.445. The molecule has 130 valence electrons. The van der Waals surface area contributed by atoms with Crippen LogP contribution in [0.5, 0.6) is 5.75 Å². The van der Waals surface area contributed by atoms with Gasteiger partial charge < -0.3 is 9.47 Å². The second-order valence-corrected chi connectivity index (χ2v) is 5.75. The smallest absolute Gasteiger partial charge is 0.273 e. The van der Waals surface area contributed by atoms with Gasteiger partial charge in [0.25, 0.3) is 11.8 Å². The van der Waals surface area contributed by atoms with Gasteiger partial charge in [-0.3, -0.25) is 14.5 Å².